The van der Waals surface area contributed by atoms with Crippen LogP contribution in [0.2, 0.25) is 0 Å². The Morgan fingerprint density at radius 2 is 1.89 bits per heavy atom. The van der Waals surface area contributed by atoms with Gasteiger partial charge in [-0.25, -0.2) is 9.97 Å². The van der Waals surface area contributed by atoms with Crippen LogP contribution in [0, 0.1) is 6.92 Å². The van der Waals surface area contributed by atoms with Gasteiger partial charge in [0.2, 0.25) is 5.88 Å². The van der Waals surface area contributed by atoms with Crippen molar-refractivity contribution in [2.45, 2.75) is 25.9 Å². The Labute approximate surface area is 160 Å². The zero-order chi connectivity index (χ0) is 19.7. The molecule has 3 aromatic rings. The molecule has 0 bridgehead atoms. The van der Waals surface area contributed by atoms with Crippen LogP contribution in [0.5, 0.6) is 11.6 Å². The number of nitrogens with one attached hydrogen (secondary N) is 2. The molecule has 146 valence electrons. The van der Waals surface area contributed by atoms with Gasteiger partial charge in [-0.05, 0) is 24.6 Å². The summed E-state index contributed by atoms with van der Waals surface area (Å²) in [5.74, 6) is 1.99. The molecule has 0 aromatic carbocycles. The maximum absolute atomic E-state index is 12.0. The molecule has 1 aliphatic heterocycles. The van der Waals surface area contributed by atoms with Gasteiger partial charge < -0.3 is 14.4 Å². The van der Waals surface area contributed by atoms with Gasteiger partial charge in [0.1, 0.15) is 23.2 Å². The molecule has 4 heterocycles. The topological polar surface area (TPSA) is 113 Å². The maximum Gasteiger partial charge on any atom is 0.289 e. The van der Waals surface area contributed by atoms with Crippen LogP contribution in [0.4, 0.5) is 5.82 Å². The van der Waals surface area contributed by atoms with E-state index in [4.69, 9.17) is 9.47 Å². The summed E-state index contributed by atoms with van der Waals surface area (Å²) < 4.78 is 11.1. The van der Waals surface area contributed by atoms with Crippen molar-refractivity contribution in [1.82, 2.24) is 20.2 Å². The molecule has 4 rings (SSSR count). The van der Waals surface area contributed by atoms with Gasteiger partial charge >= 0.3 is 0 Å². The number of aryl methyl sites for hydroxylation is 1. The van der Waals surface area contributed by atoms with Crippen molar-refractivity contribution in [1.29, 1.82) is 0 Å². The number of aromatic amines is 2. The fraction of sp³-hybridized carbons (Fsp3) is 0.368. The first-order valence-corrected chi connectivity index (χ1v) is 9.09. The first kappa shape index (κ1) is 18.0. The van der Waals surface area contributed by atoms with Crippen LogP contribution >= 0.6 is 0 Å². The van der Waals surface area contributed by atoms with Crippen molar-refractivity contribution in [3.05, 3.63) is 50.7 Å². The standard InChI is InChI=1S/C19H21N5O4/c1-11-9-14-16(19(26)23-22-18(14)25)21-17(11)24-7-5-12(6-8-24)28-13-3-4-15(27-2)20-10-13/h3-4,9-10,12H,5-8H2,1-2H3,(H,22,25)(H,23,26). The zero-order valence-electron chi connectivity index (χ0n) is 15.7. The number of hydrogen-bond acceptors (Lipinski definition) is 7. The van der Waals surface area contributed by atoms with E-state index in [0.717, 1.165) is 37.3 Å². The monoisotopic (exact) mass is 383 g/mol. The van der Waals surface area contributed by atoms with E-state index in [-0.39, 0.29) is 17.2 Å². The van der Waals surface area contributed by atoms with Crippen LogP contribution in [-0.2, 0) is 0 Å². The quantitative estimate of drug-likeness (QED) is 0.699. The molecule has 0 radical (unpaired) electrons. The lowest BCUT2D eigenvalue weighted by Crippen LogP contribution is -2.39. The molecular weight excluding hydrogens is 362 g/mol. The maximum atomic E-state index is 12.0. The summed E-state index contributed by atoms with van der Waals surface area (Å²) >= 11 is 0. The summed E-state index contributed by atoms with van der Waals surface area (Å²) in [6.07, 6.45) is 3.37. The van der Waals surface area contributed by atoms with Crippen LogP contribution in [0.3, 0.4) is 0 Å². The van der Waals surface area contributed by atoms with Crippen LogP contribution in [-0.4, -0.2) is 46.5 Å². The van der Waals surface area contributed by atoms with E-state index in [2.05, 4.69) is 25.1 Å². The number of aromatic nitrogens is 4. The van der Waals surface area contributed by atoms with Gasteiger partial charge in [-0.2, -0.15) is 0 Å². The van der Waals surface area contributed by atoms with Gasteiger partial charge in [-0.3, -0.25) is 19.8 Å². The molecule has 1 fully saturated rings. The van der Waals surface area contributed by atoms with Crippen molar-refractivity contribution >= 4 is 16.7 Å². The highest BCUT2D eigenvalue weighted by Crippen LogP contribution is 2.25. The number of H-pyrrole nitrogens is 2. The highest BCUT2D eigenvalue weighted by molar-refractivity contribution is 5.79. The van der Waals surface area contributed by atoms with E-state index in [1.807, 2.05) is 13.0 Å². The molecule has 9 heteroatoms. The molecular formula is C19H21N5O4. The third-order valence-corrected chi connectivity index (χ3v) is 4.90. The number of ether oxygens (including phenoxy) is 2. The predicted molar refractivity (Wildman–Crippen MR) is 104 cm³/mol. The fourth-order valence-corrected chi connectivity index (χ4v) is 3.45. The lowest BCUT2D eigenvalue weighted by atomic mass is 10.1. The molecule has 0 atom stereocenters. The number of nitrogens with zero attached hydrogens (tertiary/aromatic N) is 3. The van der Waals surface area contributed by atoms with Crippen molar-refractivity contribution in [3.63, 3.8) is 0 Å². The molecule has 1 saturated heterocycles. The second-order valence-electron chi connectivity index (χ2n) is 6.77. The Bertz CT molecular complexity index is 1100. The molecule has 0 spiro atoms. The average Bonchev–Trinajstić information content (AvgIpc) is 2.72. The van der Waals surface area contributed by atoms with Crippen LogP contribution in [0.15, 0.2) is 34.0 Å². The molecule has 9 nitrogen and oxygen atoms in total. The van der Waals surface area contributed by atoms with Crippen molar-refractivity contribution in [2.75, 3.05) is 25.1 Å². The zero-order valence-corrected chi connectivity index (χ0v) is 15.7. The number of methoxy groups -OCH3 is 1. The molecule has 0 saturated carbocycles. The SMILES string of the molecule is COc1ccc(OC2CCN(c3nc4c(=O)[nH][nH]c(=O)c4cc3C)CC2)cn1. The third-order valence-electron chi connectivity index (χ3n) is 4.90. The van der Waals surface area contributed by atoms with Crippen molar-refractivity contribution in [2.24, 2.45) is 0 Å². The third kappa shape index (κ3) is 3.42. The van der Waals surface area contributed by atoms with Gasteiger partial charge in [-0.15, -0.1) is 0 Å². The molecule has 1 aliphatic rings. The van der Waals surface area contributed by atoms with Crippen LogP contribution in [0.1, 0.15) is 18.4 Å². The average molecular weight is 383 g/mol. The van der Waals surface area contributed by atoms with E-state index in [1.165, 1.54) is 0 Å². The van der Waals surface area contributed by atoms with Crippen LogP contribution in [0.25, 0.3) is 10.9 Å². The number of pyridine rings is 2. The minimum atomic E-state index is -0.402. The Morgan fingerprint density at radius 1 is 1.14 bits per heavy atom. The smallest absolute Gasteiger partial charge is 0.289 e. The lowest BCUT2D eigenvalue weighted by molar-refractivity contribution is 0.170. The molecule has 0 amide bonds. The summed E-state index contributed by atoms with van der Waals surface area (Å²) in [5.41, 5.74) is 0.271. The number of hydrogen-bond donors (Lipinski definition) is 2. The Hall–Kier alpha value is -3.36. The molecule has 28 heavy (non-hydrogen) atoms. The summed E-state index contributed by atoms with van der Waals surface area (Å²) in [4.78, 5) is 34.7. The number of fused-ring (bicyclic) bond motifs is 1. The van der Waals surface area contributed by atoms with Gasteiger partial charge in [0.15, 0.2) is 0 Å². The predicted octanol–water partition coefficient (Wildman–Crippen LogP) is 1.37. The molecule has 3 aromatic heterocycles. The summed E-state index contributed by atoms with van der Waals surface area (Å²) in [5, 5.41) is 4.96. The van der Waals surface area contributed by atoms with Gasteiger partial charge in [0, 0.05) is 32.0 Å². The Morgan fingerprint density at radius 3 is 2.57 bits per heavy atom. The van der Waals surface area contributed by atoms with Crippen LogP contribution < -0.4 is 25.5 Å². The fourth-order valence-electron chi connectivity index (χ4n) is 3.45. The summed E-state index contributed by atoms with van der Waals surface area (Å²) in [6.45, 7) is 3.39. The Balaban J connectivity index is 1.49. The molecule has 0 aliphatic carbocycles. The summed E-state index contributed by atoms with van der Waals surface area (Å²) in [6, 6.07) is 5.33. The van der Waals surface area contributed by atoms with E-state index in [9.17, 15) is 9.59 Å². The van der Waals surface area contributed by atoms with E-state index < -0.39 is 5.56 Å². The van der Waals surface area contributed by atoms with Crippen molar-refractivity contribution in [3.8, 4) is 11.6 Å². The Kier molecular flexibility index (Phi) is 4.72. The first-order valence-electron chi connectivity index (χ1n) is 9.09. The molecule has 2 N–H and O–H groups in total. The van der Waals surface area contributed by atoms with E-state index in [1.54, 1.807) is 25.4 Å². The van der Waals surface area contributed by atoms with Gasteiger partial charge in [0.25, 0.3) is 11.1 Å². The largest absolute Gasteiger partial charge is 0.489 e. The molecule has 0 unspecified atom stereocenters. The number of anilines is 1. The normalized spacial score (nSPS) is 15.0. The van der Waals surface area contributed by atoms with Gasteiger partial charge in [0.05, 0.1) is 18.7 Å². The first-order chi connectivity index (χ1) is 13.5. The number of piperidine rings is 1. The highest BCUT2D eigenvalue weighted by Gasteiger charge is 2.23. The number of rotatable bonds is 4. The lowest BCUT2D eigenvalue weighted by Gasteiger charge is -2.33. The second kappa shape index (κ2) is 7.34. The minimum Gasteiger partial charge on any atom is -0.489 e. The van der Waals surface area contributed by atoms with Crippen molar-refractivity contribution < 1.29 is 9.47 Å². The minimum absolute atomic E-state index is 0.0819. The summed E-state index contributed by atoms with van der Waals surface area (Å²) in [7, 11) is 1.57. The highest BCUT2D eigenvalue weighted by atomic mass is 16.5. The second-order valence-corrected chi connectivity index (χ2v) is 6.77. The van der Waals surface area contributed by atoms with Gasteiger partial charge in [-0.1, -0.05) is 0 Å². The van der Waals surface area contributed by atoms with E-state index in [0.29, 0.717) is 17.0 Å². The van der Waals surface area contributed by atoms with E-state index >= 15 is 0 Å².